The molecule has 0 bridgehead atoms. The average molecular weight is 407 g/mol. The summed E-state index contributed by atoms with van der Waals surface area (Å²) in [7, 11) is 0. The summed E-state index contributed by atoms with van der Waals surface area (Å²) in [5, 5.41) is 1.01. The lowest BCUT2D eigenvalue weighted by Gasteiger charge is -2.43. The third kappa shape index (κ3) is 3.83. The topological polar surface area (TPSA) is 51.7 Å². The van der Waals surface area contributed by atoms with Crippen molar-refractivity contribution in [1.82, 2.24) is 4.98 Å². The number of piperidine rings is 1. The molecule has 1 aromatic carbocycles. The lowest BCUT2D eigenvalue weighted by atomic mass is 9.71. The van der Waals surface area contributed by atoms with E-state index in [9.17, 15) is 4.79 Å². The summed E-state index contributed by atoms with van der Waals surface area (Å²) >= 11 is 12.4. The molecule has 0 N–H and O–H groups in total. The Bertz CT molecular complexity index is 827. The predicted molar refractivity (Wildman–Crippen MR) is 104 cm³/mol. The highest BCUT2D eigenvalue weighted by Gasteiger charge is 2.43. The van der Waals surface area contributed by atoms with Gasteiger partial charge in [-0.3, -0.25) is 9.69 Å². The van der Waals surface area contributed by atoms with Crippen LogP contribution in [0.25, 0.3) is 0 Å². The van der Waals surface area contributed by atoms with Crippen LogP contribution in [0.2, 0.25) is 10.0 Å². The van der Waals surface area contributed by atoms with Gasteiger partial charge in [-0.05, 0) is 36.2 Å². The number of rotatable bonds is 4. The van der Waals surface area contributed by atoms with Gasteiger partial charge >= 0.3 is 0 Å². The first kappa shape index (κ1) is 18.7. The molecule has 0 aliphatic carbocycles. The molecule has 4 rings (SSSR count). The van der Waals surface area contributed by atoms with Gasteiger partial charge in [0.2, 0.25) is 5.91 Å². The third-order valence-electron chi connectivity index (χ3n) is 5.29. The van der Waals surface area contributed by atoms with Gasteiger partial charge in [0.15, 0.2) is 6.29 Å². The number of amides is 1. The van der Waals surface area contributed by atoms with Crippen LogP contribution in [0.1, 0.15) is 24.8 Å². The summed E-state index contributed by atoms with van der Waals surface area (Å²) in [5.74, 6) is 0.720. The Kier molecular flexibility index (Phi) is 5.37. The molecule has 1 amide bonds. The fraction of sp³-hybridized carbons (Fsp3) is 0.400. The zero-order valence-electron chi connectivity index (χ0n) is 14.7. The van der Waals surface area contributed by atoms with Gasteiger partial charge < -0.3 is 9.47 Å². The smallest absolute Gasteiger partial charge is 0.228 e. The van der Waals surface area contributed by atoms with Crippen LogP contribution in [0, 0.1) is 0 Å². The number of halogens is 2. The molecule has 1 aromatic heterocycles. The monoisotopic (exact) mass is 406 g/mol. The minimum absolute atomic E-state index is 0.0673. The van der Waals surface area contributed by atoms with Crippen molar-refractivity contribution in [2.75, 3.05) is 24.7 Å². The number of aromatic nitrogens is 1. The van der Waals surface area contributed by atoms with Gasteiger partial charge in [0, 0.05) is 31.0 Å². The summed E-state index contributed by atoms with van der Waals surface area (Å²) in [6, 6.07) is 11.3. The average Bonchev–Trinajstić information content (AvgIpc) is 3.19. The Balaban J connectivity index is 1.72. The van der Waals surface area contributed by atoms with E-state index in [1.165, 1.54) is 0 Å². The SMILES string of the molecule is O=C1CC[C@](CC2OCCO2)(c2ccc(Cl)c(Cl)c2)CN1c1ccccn1. The van der Waals surface area contributed by atoms with Gasteiger partial charge in [0.25, 0.3) is 0 Å². The molecule has 1 atom stereocenters. The van der Waals surface area contributed by atoms with Crippen LogP contribution in [-0.2, 0) is 19.7 Å². The third-order valence-corrected chi connectivity index (χ3v) is 6.02. The fourth-order valence-electron chi connectivity index (χ4n) is 3.86. The van der Waals surface area contributed by atoms with Crippen LogP contribution < -0.4 is 4.90 Å². The van der Waals surface area contributed by atoms with Crippen LogP contribution in [0.4, 0.5) is 5.82 Å². The highest BCUT2D eigenvalue weighted by atomic mass is 35.5. The van der Waals surface area contributed by atoms with Crippen molar-refractivity contribution >= 4 is 34.9 Å². The fourth-order valence-corrected chi connectivity index (χ4v) is 4.16. The first-order valence-corrected chi connectivity index (χ1v) is 9.73. The van der Waals surface area contributed by atoms with Crippen LogP contribution in [0.5, 0.6) is 0 Å². The Morgan fingerprint density at radius 2 is 1.96 bits per heavy atom. The molecule has 142 valence electrons. The van der Waals surface area contributed by atoms with Gasteiger partial charge in [-0.1, -0.05) is 35.3 Å². The Morgan fingerprint density at radius 1 is 1.15 bits per heavy atom. The highest BCUT2D eigenvalue weighted by Crippen LogP contribution is 2.42. The van der Waals surface area contributed by atoms with Gasteiger partial charge in [0.05, 0.1) is 23.3 Å². The number of benzene rings is 1. The molecule has 2 aromatic rings. The standard InChI is InChI=1S/C20H20Cl2N2O3/c21-15-5-4-14(11-16(15)22)20(12-19-26-9-10-27-19)7-6-18(25)24(13-20)17-3-1-2-8-23-17/h1-5,8,11,19H,6-7,9-10,12-13H2/t20-/m1/s1. The largest absolute Gasteiger partial charge is 0.350 e. The van der Waals surface area contributed by atoms with E-state index in [2.05, 4.69) is 4.98 Å². The van der Waals surface area contributed by atoms with E-state index in [1.807, 2.05) is 30.3 Å². The van der Waals surface area contributed by atoms with Crippen molar-refractivity contribution in [3.8, 4) is 0 Å². The number of pyridine rings is 1. The number of carbonyl (C=O) groups excluding carboxylic acids is 1. The van der Waals surface area contributed by atoms with Gasteiger partial charge in [-0.15, -0.1) is 0 Å². The molecule has 2 saturated heterocycles. The maximum Gasteiger partial charge on any atom is 0.228 e. The summed E-state index contributed by atoms with van der Waals surface area (Å²) in [5.41, 5.74) is 0.679. The second-order valence-electron chi connectivity index (χ2n) is 6.95. The predicted octanol–water partition coefficient (Wildman–Crippen LogP) is 4.22. The molecular weight excluding hydrogens is 387 g/mol. The van der Waals surface area contributed by atoms with Crippen molar-refractivity contribution in [3.63, 3.8) is 0 Å². The van der Waals surface area contributed by atoms with Gasteiger partial charge in [0.1, 0.15) is 5.82 Å². The van der Waals surface area contributed by atoms with E-state index >= 15 is 0 Å². The molecule has 3 heterocycles. The van der Waals surface area contributed by atoms with E-state index in [-0.39, 0.29) is 17.6 Å². The van der Waals surface area contributed by atoms with Crippen molar-refractivity contribution in [1.29, 1.82) is 0 Å². The summed E-state index contributed by atoms with van der Waals surface area (Å²) in [6.45, 7) is 1.67. The summed E-state index contributed by atoms with van der Waals surface area (Å²) < 4.78 is 11.4. The van der Waals surface area contributed by atoms with Crippen LogP contribution in [-0.4, -0.2) is 36.9 Å². The van der Waals surface area contributed by atoms with Gasteiger partial charge in [-0.2, -0.15) is 0 Å². The summed E-state index contributed by atoms with van der Waals surface area (Å²) in [6.07, 6.45) is 3.15. The number of nitrogens with zero attached hydrogens (tertiary/aromatic N) is 2. The Morgan fingerprint density at radius 3 is 2.67 bits per heavy atom. The lowest BCUT2D eigenvalue weighted by molar-refractivity contribution is -0.121. The van der Waals surface area contributed by atoms with Crippen molar-refractivity contribution in [2.45, 2.75) is 31.0 Å². The van der Waals surface area contributed by atoms with Gasteiger partial charge in [-0.25, -0.2) is 4.98 Å². The molecule has 2 aliphatic heterocycles. The normalized spacial score (nSPS) is 23.8. The zero-order valence-corrected chi connectivity index (χ0v) is 16.2. The van der Waals surface area contributed by atoms with Crippen molar-refractivity contribution in [2.24, 2.45) is 0 Å². The molecule has 5 nitrogen and oxygen atoms in total. The lowest BCUT2D eigenvalue weighted by Crippen LogP contribution is -2.51. The Labute approximate surface area is 168 Å². The maximum atomic E-state index is 12.6. The van der Waals surface area contributed by atoms with E-state index in [1.54, 1.807) is 17.2 Å². The molecule has 0 radical (unpaired) electrons. The molecule has 0 saturated carbocycles. The van der Waals surface area contributed by atoms with E-state index in [0.29, 0.717) is 54.9 Å². The Hall–Kier alpha value is -1.66. The van der Waals surface area contributed by atoms with Crippen molar-refractivity contribution in [3.05, 3.63) is 58.2 Å². The van der Waals surface area contributed by atoms with E-state index < -0.39 is 0 Å². The van der Waals surface area contributed by atoms with E-state index in [0.717, 1.165) is 5.56 Å². The second kappa shape index (κ2) is 7.76. The minimum Gasteiger partial charge on any atom is -0.350 e. The van der Waals surface area contributed by atoms with Crippen molar-refractivity contribution < 1.29 is 14.3 Å². The molecule has 2 aliphatic rings. The summed E-state index contributed by atoms with van der Waals surface area (Å²) in [4.78, 5) is 18.8. The van der Waals surface area contributed by atoms with Crippen LogP contribution >= 0.6 is 23.2 Å². The highest BCUT2D eigenvalue weighted by molar-refractivity contribution is 6.42. The number of hydrogen-bond donors (Lipinski definition) is 0. The maximum absolute atomic E-state index is 12.6. The molecule has 0 spiro atoms. The molecule has 2 fully saturated rings. The van der Waals surface area contributed by atoms with Crippen LogP contribution in [0.15, 0.2) is 42.6 Å². The number of hydrogen-bond acceptors (Lipinski definition) is 4. The number of carbonyl (C=O) groups is 1. The number of ether oxygens (including phenoxy) is 2. The first-order chi connectivity index (χ1) is 13.1. The molecule has 27 heavy (non-hydrogen) atoms. The minimum atomic E-state index is -0.353. The number of anilines is 1. The zero-order chi connectivity index (χ0) is 18.9. The molecular formula is C20H20Cl2N2O3. The molecule has 0 unspecified atom stereocenters. The molecule has 7 heteroatoms. The first-order valence-electron chi connectivity index (χ1n) is 8.98. The van der Waals surface area contributed by atoms with Crippen LogP contribution in [0.3, 0.4) is 0 Å². The second-order valence-corrected chi connectivity index (χ2v) is 7.77. The van der Waals surface area contributed by atoms with E-state index in [4.69, 9.17) is 32.7 Å². The quantitative estimate of drug-likeness (QED) is 0.762.